The number of hydrogen-bond donors (Lipinski definition) is 1. The molecule has 0 saturated heterocycles. The maximum atomic E-state index is 12.8. The molecule has 1 heterocycles. The molecule has 4 rings (SSSR count). The largest absolute Gasteiger partial charge is 0.344 e. The van der Waals surface area contributed by atoms with Crippen molar-refractivity contribution in [3.63, 3.8) is 0 Å². The number of nitrogens with one attached hydrogen (secondary N) is 1. The Bertz CT molecular complexity index is 861. The summed E-state index contributed by atoms with van der Waals surface area (Å²) < 4.78 is 0. The molecule has 132 valence electrons. The highest BCUT2D eigenvalue weighted by Crippen LogP contribution is 2.29. The molecule has 0 radical (unpaired) electrons. The number of anilines is 1. The molecule has 26 heavy (non-hydrogen) atoms. The van der Waals surface area contributed by atoms with E-state index in [9.17, 15) is 9.59 Å². The fourth-order valence-electron chi connectivity index (χ4n) is 3.63. The van der Waals surface area contributed by atoms with Crippen LogP contribution in [0, 0.1) is 0 Å². The van der Waals surface area contributed by atoms with Crippen LogP contribution in [0.2, 0.25) is 0 Å². The number of benzene rings is 2. The van der Waals surface area contributed by atoms with Crippen molar-refractivity contribution in [2.24, 2.45) is 5.10 Å². The first kappa shape index (κ1) is 16.5. The molecule has 0 bridgehead atoms. The highest BCUT2D eigenvalue weighted by atomic mass is 16.2. The van der Waals surface area contributed by atoms with Crippen molar-refractivity contribution in [1.29, 1.82) is 0 Å². The lowest BCUT2D eigenvalue weighted by Gasteiger charge is -2.28. The summed E-state index contributed by atoms with van der Waals surface area (Å²) in [5.41, 5.74) is 3.59. The average Bonchev–Trinajstić information content (AvgIpc) is 2.69. The summed E-state index contributed by atoms with van der Waals surface area (Å²) in [7, 11) is 0. The quantitative estimate of drug-likeness (QED) is 0.925. The predicted molar refractivity (Wildman–Crippen MR) is 101 cm³/mol. The fraction of sp³-hybridized carbons (Fsp3) is 0.286. The van der Waals surface area contributed by atoms with Gasteiger partial charge >= 0.3 is 0 Å². The molecule has 2 amide bonds. The third kappa shape index (κ3) is 3.25. The van der Waals surface area contributed by atoms with Gasteiger partial charge in [-0.3, -0.25) is 9.59 Å². The van der Waals surface area contributed by atoms with Crippen LogP contribution in [0.4, 0.5) is 5.69 Å². The maximum Gasteiger partial charge on any atom is 0.267 e. The van der Waals surface area contributed by atoms with E-state index in [-0.39, 0.29) is 17.9 Å². The number of para-hydroxylation sites is 1. The molecular formula is C21H21N3O2. The Kier molecular flexibility index (Phi) is 4.52. The standard InChI is InChI=1S/C21H21N3O2/c25-20-14-13-19(23-24(20)16-9-2-1-3-10-16)21(26)22-18-12-6-8-15-7-4-5-11-17(15)18/h1-5,7,9-11,18H,6,8,12-14H2,(H,22,26)/t18-/m0/s1. The normalized spacial score (nSPS) is 19.5. The summed E-state index contributed by atoms with van der Waals surface area (Å²) in [5, 5.41) is 8.81. The second-order valence-corrected chi connectivity index (χ2v) is 6.70. The lowest BCUT2D eigenvalue weighted by molar-refractivity contribution is -0.119. The second kappa shape index (κ2) is 7.12. The number of amides is 2. The number of hydrogen-bond acceptors (Lipinski definition) is 3. The molecule has 0 spiro atoms. The van der Waals surface area contributed by atoms with Crippen LogP contribution in [0.1, 0.15) is 42.9 Å². The van der Waals surface area contributed by atoms with E-state index in [4.69, 9.17) is 0 Å². The van der Waals surface area contributed by atoms with Crippen LogP contribution < -0.4 is 10.3 Å². The Morgan fingerprint density at radius 1 is 1.00 bits per heavy atom. The van der Waals surface area contributed by atoms with E-state index in [1.54, 1.807) is 0 Å². The Morgan fingerprint density at radius 3 is 2.62 bits per heavy atom. The minimum atomic E-state index is -0.180. The van der Waals surface area contributed by atoms with Crippen molar-refractivity contribution in [1.82, 2.24) is 5.32 Å². The summed E-state index contributed by atoms with van der Waals surface area (Å²) >= 11 is 0. The van der Waals surface area contributed by atoms with Crippen molar-refractivity contribution in [2.75, 3.05) is 5.01 Å². The van der Waals surface area contributed by atoms with Crippen molar-refractivity contribution in [3.8, 4) is 0 Å². The van der Waals surface area contributed by atoms with E-state index in [1.165, 1.54) is 16.1 Å². The number of aryl methyl sites for hydroxylation is 1. The lowest BCUT2D eigenvalue weighted by Crippen LogP contribution is -2.41. The first-order chi connectivity index (χ1) is 12.7. The summed E-state index contributed by atoms with van der Waals surface area (Å²) in [6.07, 6.45) is 3.71. The molecule has 0 aromatic heterocycles. The number of fused-ring (bicyclic) bond motifs is 1. The van der Waals surface area contributed by atoms with Gasteiger partial charge < -0.3 is 5.32 Å². The maximum absolute atomic E-state index is 12.8. The number of carbonyl (C=O) groups excluding carboxylic acids is 2. The molecule has 1 aliphatic carbocycles. The fourth-order valence-corrected chi connectivity index (χ4v) is 3.63. The predicted octanol–water partition coefficient (Wildman–Crippen LogP) is 3.36. The third-order valence-corrected chi connectivity index (χ3v) is 4.97. The minimum absolute atomic E-state index is 0.0120. The lowest BCUT2D eigenvalue weighted by atomic mass is 9.87. The van der Waals surface area contributed by atoms with E-state index in [1.807, 2.05) is 42.5 Å². The van der Waals surface area contributed by atoms with Crippen molar-refractivity contribution in [3.05, 3.63) is 65.7 Å². The summed E-state index contributed by atoms with van der Waals surface area (Å²) in [4.78, 5) is 25.0. The molecule has 2 aromatic carbocycles. The monoisotopic (exact) mass is 347 g/mol. The van der Waals surface area contributed by atoms with E-state index in [0.717, 1.165) is 19.3 Å². The molecule has 2 aliphatic rings. The zero-order chi connectivity index (χ0) is 17.9. The van der Waals surface area contributed by atoms with Crippen LogP contribution >= 0.6 is 0 Å². The van der Waals surface area contributed by atoms with Gasteiger partial charge in [-0.1, -0.05) is 42.5 Å². The molecular weight excluding hydrogens is 326 g/mol. The van der Waals surface area contributed by atoms with Gasteiger partial charge in [0.25, 0.3) is 5.91 Å². The minimum Gasteiger partial charge on any atom is -0.344 e. The van der Waals surface area contributed by atoms with Crippen LogP contribution in [-0.4, -0.2) is 17.5 Å². The van der Waals surface area contributed by atoms with E-state index < -0.39 is 0 Å². The second-order valence-electron chi connectivity index (χ2n) is 6.70. The van der Waals surface area contributed by atoms with Gasteiger partial charge in [0.05, 0.1) is 11.7 Å². The number of hydrazone groups is 1. The summed E-state index contributed by atoms with van der Waals surface area (Å²) in [6, 6.07) is 17.5. The van der Waals surface area contributed by atoms with Gasteiger partial charge in [-0.25, -0.2) is 5.01 Å². The van der Waals surface area contributed by atoms with Gasteiger partial charge in [0, 0.05) is 12.8 Å². The number of nitrogens with zero attached hydrogens (tertiary/aromatic N) is 2. The van der Waals surface area contributed by atoms with Gasteiger partial charge in [0.1, 0.15) is 5.71 Å². The van der Waals surface area contributed by atoms with Gasteiger partial charge in [-0.2, -0.15) is 5.10 Å². The molecule has 0 saturated carbocycles. The Morgan fingerprint density at radius 2 is 1.77 bits per heavy atom. The van der Waals surface area contributed by atoms with Gasteiger partial charge in [-0.15, -0.1) is 0 Å². The third-order valence-electron chi connectivity index (χ3n) is 4.97. The molecule has 1 atom stereocenters. The zero-order valence-corrected chi connectivity index (χ0v) is 14.5. The topological polar surface area (TPSA) is 61.8 Å². The molecule has 1 aliphatic heterocycles. The summed E-state index contributed by atoms with van der Waals surface area (Å²) in [5.74, 6) is -0.268. The average molecular weight is 347 g/mol. The van der Waals surface area contributed by atoms with Crippen molar-refractivity contribution >= 4 is 23.2 Å². The Balaban J connectivity index is 1.54. The van der Waals surface area contributed by atoms with E-state index in [0.29, 0.717) is 24.2 Å². The van der Waals surface area contributed by atoms with E-state index in [2.05, 4.69) is 22.6 Å². The zero-order valence-electron chi connectivity index (χ0n) is 14.5. The molecule has 5 heteroatoms. The van der Waals surface area contributed by atoms with Crippen molar-refractivity contribution < 1.29 is 9.59 Å². The molecule has 0 unspecified atom stereocenters. The first-order valence-corrected chi connectivity index (χ1v) is 9.06. The first-order valence-electron chi connectivity index (χ1n) is 9.06. The molecule has 5 nitrogen and oxygen atoms in total. The summed E-state index contributed by atoms with van der Waals surface area (Å²) in [6.45, 7) is 0. The van der Waals surface area contributed by atoms with E-state index >= 15 is 0 Å². The van der Waals surface area contributed by atoms with Crippen molar-refractivity contribution in [2.45, 2.75) is 38.1 Å². The SMILES string of the molecule is O=C(N[C@H]1CCCc2ccccc21)C1=NN(c2ccccc2)C(=O)CC1. The van der Waals surface area contributed by atoms with Gasteiger partial charge in [0.2, 0.25) is 5.91 Å². The van der Waals surface area contributed by atoms with Crippen LogP contribution in [0.5, 0.6) is 0 Å². The molecule has 2 aromatic rings. The van der Waals surface area contributed by atoms with Gasteiger partial charge in [0.15, 0.2) is 0 Å². The molecule has 0 fully saturated rings. The van der Waals surface area contributed by atoms with Crippen LogP contribution in [0.15, 0.2) is 59.7 Å². The Hall–Kier alpha value is -2.95. The smallest absolute Gasteiger partial charge is 0.267 e. The number of carbonyl (C=O) groups is 2. The Labute approximate surface area is 152 Å². The van der Waals surface area contributed by atoms with Crippen LogP contribution in [0.25, 0.3) is 0 Å². The van der Waals surface area contributed by atoms with Gasteiger partial charge in [-0.05, 0) is 42.5 Å². The van der Waals surface area contributed by atoms with Crippen LogP contribution in [0.3, 0.4) is 0 Å². The molecule has 1 N–H and O–H groups in total. The highest BCUT2D eigenvalue weighted by Gasteiger charge is 2.28. The highest BCUT2D eigenvalue weighted by molar-refractivity contribution is 6.40. The van der Waals surface area contributed by atoms with Crippen LogP contribution in [-0.2, 0) is 16.0 Å². The number of rotatable bonds is 3.